The van der Waals surface area contributed by atoms with Crippen molar-refractivity contribution in [3.05, 3.63) is 0 Å². The van der Waals surface area contributed by atoms with Crippen LogP contribution < -0.4 is 0 Å². The predicted molar refractivity (Wildman–Crippen MR) is 37.2 cm³/mol. The van der Waals surface area contributed by atoms with Gasteiger partial charge in [-0.25, -0.2) is 13.5 Å². The van der Waals surface area contributed by atoms with Crippen LogP contribution in [0.2, 0.25) is 0 Å². The molecule has 1 nitrogen and oxygen atoms in total. The van der Waals surface area contributed by atoms with Crippen LogP contribution in [0.5, 0.6) is 0 Å². The van der Waals surface area contributed by atoms with Crippen molar-refractivity contribution in [2.75, 3.05) is 0 Å². The smallest absolute Gasteiger partial charge is 0.242 e. The van der Waals surface area contributed by atoms with Crippen LogP contribution in [-0.2, 0) is 4.74 Å². The van der Waals surface area contributed by atoms with E-state index >= 15 is 0 Å². The van der Waals surface area contributed by atoms with Gasteiger partial charge in [-0.15, -0.1) is 13.2 Å². The maximum absolute atomic E-state index is 13.1. The zero-order valence-electron chi connectivity index (χ0n) is 8.69. The Hall–Kier alpha value is -0.740. The lowest BCUT2D eigenvalue weighted by atomic mass is 9.99. The zero-order valence-corrected chi connectivity index (χ0v) is 8.69. The Morgan fingerprint density at radius 2 is 0.944 bits per heavy atom. The Morgan fingerprint density at radius 1 is 0.611 bits per heavy atom. The first kappa shape index (κ1) is 17.3. The maximum atomic E-state index is 13.1. The molecule has 0 aliphatic heterocycles. The van der Waals surface area contributed by atoms with Gasteiger partial charge in [0.25, 0.3) is 0 Å². The summed E-state index contributed by atoms with van der Waals surface area (Å²) in [5, 5.41) is 0. The molecule has 0 aromatic rings. The number of halogens is 10. The van der Waals surface area contributed by atoms with E-state index in [0.717, 1.165) is 0 Å². The molecule has 0 amide bonds. The average Bonchev–Trinajstić information content (AvgIpc) is 1.95. The molecule has 0 aliphatic rings. The Morgan fingerprint density at radius 3 is 1.11 bits per heavy atom. The van der Waals surface area contributed by atoms with Crippen molar-refractivity contribution in [3.63, 3.8) is 0 Å². The van der Waals surface area contributed by atoms with Crippen LogP contribution in [0.25, 0.3) is 0 Å². The van der Waals surface area contributed by atoms with Crippen molar-refractivity contribution < 1.29 is 48.6 Å². The lowest BCUT2D eigenvalue weighted by molar-refractivity contribution is -0.482. The third-order valence-electron chi connectivity index (χ3n) is 1.78. The summed E-state index contributed by atoms with van der Waals surface area (Å²) in [7, 11) is 0. The van der Waals surface area contributed by atoms with Crippen LogP contribution in [0.15, 0.2) is 0 Å². The lowest BCUT2D eigenvalue weighted by Crippen LogP contribution is -2.65. The molecule has 18 heavy (non-hydrogen) atoms. The van der Waals surface area contributed by atoms with Crippen molar-refractivity contribution >= 4 is 0 Å². The van der Waals surface area contributed by atoms with E-state index in [2.05, 4.69) is 0 Å². The molecule has 0 saturated carbocycles. The van der Waals surface area contributed by atoms with E-state index in [1.807, 2.05) is 4.74 Å². The Kier molecular flexibility index (Phi) is 3.97. The van der Waals surface area contributed by atoms with Gasteiger partial charge < -0.3 is 0 Å². The summed E-state index contributed by atoms with van der Waals surface area (Å²) in [4.78, 5) is 0. The number of alkyl halides is 10. The third kappa shape index (κ3) is 2.98. The summed E-state index contributed by atoms with van der Waals surface area (Å²) in [6.07, 6.45) is -6.30. The minimum atomic E-state index is -6.41. The second kappa shape index (κ2) is 4.14. The third-order valence-corrected chi connectivity index (χ3v) is 1.78. The fraction of sp³-hybridized carbons (Fsp3) is 1.00. The second-order valence-corrected chi connectivity index (χ2v) is 3.49. The molecule has 0 aliphatic carbocycles. The minimum Gasteiger partial charge on any atom is -0.242 e. The van der Waals surface area contributed by atoms with Crippen molar-refractivity contribution in [1.29, 1.82) is 0 Å². The molecule has 0 aromatic carbocycles. The van der Waals surface area contributed by atoms with E-state index < -0.39 is 43.8 Å². The molecule has 0 rings (SSSR count). The summed E-state index contributed by atoms with van der Waals surface area (Å²) >= 11 is 0. The van der Waals surface area contributed by atoms with Crippen LogP contribution in [0.4, 0.5) is 43.9 Å². The molecule has 1 unspecified atom stereocenters. The van der Waals surface area contributed by atoms with E-state index in [1.165, 1.54) is 0 Å². The van der Waals surface area contributed by atoms with Gasteiger partial charge in [0.05, 0.1) is 0 Å². The predicted octanol–water partition coefficient (Wildman–Crippen LogP) is 4.13. The second-order valence-electron chi connectivity index (χ2n) is 3.49. The summed E-state index contributed by atoms with van der Waals surface area (Å²) in [6, 6.07) is 0. The normalized spacial score (nSPS) is 18.7. The molecule has 0 bridgehead atoms. The SMILES string of the molecule is CC(F)(F)C(F)(F)C(F)(OC(F)(F)F)C(C)(F)F. The molecule has 0 fully saturated rings. The molecular weight excluding hydrogens is 290 g/mol. The Labute approximate surface area is 93.7 Å². The fourth-order valence-corrected chi connectivity index (χ4v) is 0.871. The average molecular weight is 296 g/mol. The van der Waals surface area contributed by atoms with Crippen LogP contribution in [0.3, 0.4) is 0 Å². The van der Waals surface area contributed by atoms with Crippen LogP contribution in [0.1, 0.15) is 13.8 Å². The zero-order chi connectivity index (χ0) is 15.2. The highest BCUT2D eigenvalue weighted by atomic mass is 19.4. The van der Waals surface area contributed by atoms with Gasteiger partial charge >= 0.3 is 30.0 Å². The van der Waals surface area contributed by atoms with Gasteiger partial charge in [0.2, 0.25) is 0 Å². The van der Waals surface area contributed by atoms with E-state index in [1.54, 1.807) is 0 Å². The monoisotopic (exact) mass is 296 g/mol. The van der Waals surface area contributed by atoms with Crippen molar-refractivity contribution in [3.8, 4) is 0 Å². The van der Waals surface area contributed by atoms with Gasteiger partial charge in [-0.3, -0.25) is 0 Å². The Bertz CT molecular complexity index is 297. The molecule has 0 aromatic heterocycles. The maximum Gasteiger partial charge on any atom is 0.525 e. The van der Waals surface area contributed by atoms with Crippen molar-refractivity contribution in [2.45, 2.75) is 43.8 Å². The minimum absolute atomic E-state index is 0.715. The molecule has 0 heterocycles. The molecule has 11 heteroatoms. The molecular formula is C7H6F10O. The summed E-state index contributed by atoms with van der Waals surface area (Å²) in [5.41, 5.74) is 0. The first-order valence-electron chi connectivity index (χ1n) is 4.05. The van der Waals surface area contributed by atoms with Gasteiger partial charge in [0.1, 0.15) is 0 Å². The molecule has 0 spiro atoms. The number of ether oxygens (including phenoxy) is 1. The topological polar surface area (TPSA) is 9.23 Å². The number of hydrogen-bond donors (Lipinski definition) is 0. The summed E-state index contributed by atoms with van der Waals surface area (Å²) < 4.78 is 125. The van der Waals surface area contributed by atoms with Crippen LogP contribution in [-0.4, -0.2) is 30.0 Å². The van der Waals surface area contributed by atoms with Gasteiger partial charge in [0, 0.05) is 13.8 Å². The summed E-state index contributed by atoms with van der Waals surface area (Å²) in [6.45, 7) is -1.45. The molecule has 0 N–H and O–H groups in total. The highest BCUT2D eigenvalue weighted by molar-refractivity contribution is 5.01. The van der Waals surface area contributed by atoms with E-state index in [9.17, 15) is 43.9 Å². The molecule has 110 valence electrons. The largest absolute Gasteiger partial charge is 0.525 e. The highest BCUT2D eigenvalue weighted by Gasteiger charge is 2.79. The fourth-order valence-electron chi connectivity index (χ4n) is 0.871. The quantitative estimate of drug-likeness (QED) is 0.709. The van der Waals surface area contributed by atoms with Crippen LogP contribution >= 0.6 is 0 Å². The summed E-state index contributed by atoms with van der Waals surface area (Å²) in [5.74, 6) is -23.7. The number of hydrogen-bond acceptors (Lipinski definition) is 1. The molecule has 0 radical (unpaired) electrons. The first-order valence-corrected chi connectivity index (χ1v) is 4.05. The van der Waals surface area contributed by atoms with Crippen LogP contribution in [0, 0.1) is 0 Å². The van der Waals surface area contributed by atoms with E-state index in [4.69, 9.17) is 0 Å². The Balaban J connectivity index is 5.81. The molecule has 1 atom stereocenters. The van der Waals surface area contributed by atoms with Gasteiger partial charge in [-0.1, -0.05) is 0 Å². The first-order chi connectivity index (χ1) is 7.46. The van der Waals surface area contributed by atoms with Gasteiger partial charge in [-0.05, 0) is 0 Å². The molecule has 0 saturated heterocycles. The highest BCUT2D eigenvalue weighted by Crippen LogP contribution is 2.53. The van der Waals surface area contributed by atoms with Crippen molar-refractivity contribution in [2.24, 2.45) is 0 Å². The standard InChI is InChI=1S/C7H6F10O/c1-3(8,9)5(12,13)6(14,4(2,10)11)18-7(15,16)17/h1-2H3. The van der Waals surface area contributed by atoms with E-state index in [0.29, 0.717) is 0 Å². The van der Waals surface area contributed by atoms with Gasteiger partial charge in [-0.2, -0.15) is 22.0 Å². The van der Waals surface area contributed by atoms with Gasteiger partial charge in [0.15, 0.2) is 0 Å². The number of rotatable bonds is 4. The van der Waals surface area contributed by atoms with E-state index in [-0.39, 0.29) is 0 Å². The van der Waals surface area contributed by atoms with Crippen molar-refractivity contribution in [1.82, 2.24) is 0 Å². The lowest BCUT2D eigenvalue weighted by Gasteiger charge is -2.39.